The van der Waals surface area contributed by atoms with E-state index in [1.54, 1.807) is 12.1 Å². The molecular weight excluding hydrogens is 260 g/mol. The summed E-state index contributed by atoms with van der Waals surface area (Å²) in [6, 6.07) is 6.12. The van der Waals surface area contributed by atoms with Gasteiger partial charge in [-0.25, -0.2) is 8.78 Å². The van der Waals surface area contributed by atoms with Gasteiger partial charge < -0.3 is 4.90 Å². The normalized spacial score (nSPS) is 19.6. The van der Waals surface area contributed by atoms with Crippen molar-refractivity contribution in [3.63, 3.8) is 0 Å². The minimum atomic E-state index is -2.51. The number of ketones is 1. The Morgan fingerprint density at radius 2 is 2.10 bits per heavy atom. The van der Waals surface area contributed by atoms with Gasteiger partial charge in [0.05, 0.1) is 0 Å². The lowest BCUT2D eigenvalue weighted by atomic mass is 9.85. The fourth-order valence-corrected chi connectivity index (χ4v) is 2.58. The van der Waals surface area contributed by atoms with Gasteiger partial charge in [0.25, 0.3) is 6.43 Å². The SMILES string of the molecule is CN(C)CC1C=C(c2cccc(C(F)F)c2)C(=O)CC1. The van der Waals surface area contributed by atoms with Crippen molar-refractivity contribution in [3.8, 4) is 0 Å². The minimum Gasteiger partial charge on any atom is -0.309 e. The van der Waals surface area contributed by atoms with Gasteiger partial charge in [-0.15, -0.1) is 0 Å². The van der Waals surface area contributed by atoms with Gasteiger partial charge in [-0.3, -0.25) is 4.79 Å². The van der Waals surface area contributed by atoms with E-state index >= 15 is 0 Å². The number of Topliss-reactive ketones (excluding diaryl/α,β-unsaturated/α-hetero) is 1. The summed E-state index contributed by atoms with van der Waals surface area (Å²) in [5, 5.41) is 0. The molecule has 1 aromatic carbocycles. The van der Waals surface area contributed by atoms with E-state index in [-0.39, 0.29) is 11.3 Å². The second-order valence-corrected chi connectivity index (χ2v) is 5.49. The van der Waals surface area contributed by atoms with Crippen LogP contribution in [0.5, 0.6) is 0 Å². The average Bonchev–Trinajstić information content (AvgIpc) is 2.40. The highest BCUT2D eigenvalue weighted by Gasteiger charge is 2.22. The van der Waals surface area contributed by atoms with E-state index in [9.17, 15) is 13.6 Å². The summed E-state index contributed by atoms with van der Waals surface area (Å²) in [5.41, 5.74) is 1.16. The molecule has 0 heterocycles. The van der Waals surface area contributed by atoms with Gasteiger partial charge in [-0.05, 0) is 38.1 Å². The summed E-state index contributed by atoms with van der Waals surface area (Å²) in [5.74, 6) is 0.347. The van der Waals surface area contributed by atoms with Crippen LogP contribution in [0.2, 0.25) is 0 Å². The summed E-state index contributed by atoms with van der Waals surface area (Å²) >= 11 is 0. The number of carbonyl (C=O) groups is 1. The topological polar surface area (TPSA) is 20.3 Å². The molecule has 0 amide bonds. The van der Waals surface area contributed by atoms with Gasteiger partial charge in [0.15, 0.2) is 5.78 Å². The molecule has 0 radical (unpaired) electrons. The fraction of sp³-hybridized carbons (Fsp3) is 0.438. The van der Waals surface area contributed by atoms with Crippen LogP contribution in [-0.2, 0) is 4.79 Å². The van der Waals surface area contributed by atoms with E-state index in [0.717, 1.165) is 13.0 Å². The zero-order valence-electron chi connectivity index (χ0n) is 11.8. The number of hydrogen-bond donors (Lipinski definition) is 0. The molecule has 0 spiro atoms. The Morgan fingerprint density at radius 3 is 2.75 bits per heavy atom. The zero-order chi connectivity index (χ0) is 14.7. The molecule has 1 aromatic rings. The molecule has 0 aliphatic heterocycles. The predicted octanol–water partition coefficient (Wildman–Crippen LogP) is 3.55. The van der Waals surface area contributed by atoms with Crippen LogP contribution in [0.25, 0.3) is 5.57 Å². The molecule has 1 aliphatic rings. The van der Waals surface area contributed by atoms with Gasteiger partial charge in [-0.2, -0.15) is 0 Å². The van der Waals surface area contributed by atoms with Crippen LogP contribution in [0.1, 0.15) is 30.4 Å². The quantitative estimate of drug-likeness (QED) is 0.840. The Kier molecular flexibility index (Phi) is 4.65. The van der Waals surface area contributed by atoms with Crippen molar-refractivity contribution in [2.45, 2.75) is 19.3 Å². The number of carbonyl (C=O) groups excluding carboxylic acids is 1. The third kappa shape index (κ3) is 3.51. The first-order valence-corrected chi connectivity index (χ1v) is 6.75. The van der Waals surface area contributed by atoms with Gasteiger partial charge in [-0.1, -0.05) is 24.3 Å². The Morgan fingerprint density at radius 1 is 1.35 bits per heavy atom. The van der Waals surface area contributed by atoms with Crippen molar-refractivity contribution in [2.75, 3.05) is 20.6 Å². The van der Waals surface area contributed by atoms with Crippen molar-refractivity contribution in [2.24, 2.45) is 5.92 Å². The third-order valence-electron chi connectivity index (χ3n) is 3.49. The zero-order valence-corrected chi connectivity index (χ0v) is 11.8. The van der Waals surface area contributed by atoms with Gasteiger partial charge in [0, 0.05) is 24.1 Å². The lowest BCUT2D eigenvalue weighted by molar-refractivity contribution is -0.114. The average molecular weight is 279 g/mol. The van der Waals surface area contributed by atoms with Crippen LogP contribution >= 0.6 is 0 Å². The number of benzene rings is 1. The highest BCUT2D eigenvalue weighted by molar-refractivity contribution is 6.21. The Labute approximate surface area is 118 Å². The standard InChI is InChI=1S/C16H19F2NO/c1-19(2)10-11-6-7-15(20)14(8-11)12-4-3-5-13(9-12)16(17)18/h3-5,8-9,11,16H,6-7,10H2,1-2H3. The molecule has 0 saturated carbocycles. The Balaban J connectivity index is 2.30. The van der Waals surface area contributed by atoms with E-state index in [1.165, 1.54) is 12.1 Å². The minimum absolute atomic E-state index is 0.0362. The van der Waals surface area contributed by atoms with Crippen molar-refractivity contribution < 1.29 is 13.6 Å². The molecule has 20 heavy (non-hydrogen) atoms. The molecule has 1 unspecified atom stereocenters. The van der Waals surface area contributed by atoms with Crippen LogP contribution < -0.4 is 0 Å². The first-order chi connectivity index (χ1) is 9.47. The molecule has 1 atom stereocenters. The third-order valence-corrected chi connectivity index (χ3v) is 3.49. The lowest BCUT2D eigenvalue weighted by Gasteiger charge is -2.23. The van der Waals surface area contributed by atoms with Crippen LogP contribution in [0.4, 0.5) is 8.78 Å². The van der Waals surface area contributed by atoms with E-state index < -0.39 is 6.43 Å². The lowest BCUT2D eigenvalue weighted by Crippen LogP contribution is -2.24. The number of rotatable bonds is 4. The van der Waals surface area contributed by atoms with E-state index in [4.69, 9.17) is 0 Å². The molecule has 108 valence electrons. The summed E-state index contributed by atoms with van der Waals surface area (Å²) in [6.45, 7) is 0.866. The summed E-state index contributed by atoms with van der Waals surface area (Å²) in [4.78, 5) is 14.1. The van der Waals surface area contributed by atoms with Crippen molar-refractivity contribution >= 4 is 11.4 Å². The fourth-order valence-electron chi connectivity index (χ4n) is 2.58. The Bertz CT molecular complexity index is 523. The number of allylic oxidation sites excluding steroid dienone is 1. The summed E-state index contributed by atoms with van der Waals surface area (Å²) in [6.07, 6.45) is 0.751. The molecule has 0 N–H and O–H groups in total. The monoisotopic (exact) mass is 279 g/mol. The van der Waals surface area contributed by atoms with E-state index in [0.29, 0.717) is 23.5 Å². The summed E-state index contributed by atoms with van der Waals surface area (Å²) < 4.78 is 25.5. The number of hydrogen-bond acceptors (Lipinski definition) is 2. The van der Waals surface area contributed by atoms with Crippen LogP contribution in [-0.4, -0.2) is 31.3 Å². The van der Waals surface area contributed by atoms with Crippen molar-refractivity contribution in [1.29, 1.82) is 0 Å². The molecule has 2 rings (SSSR count). The Hall–Kier alpha value is -1.55. The molecule has 0 fully saturated rings. The number of nitrogens with zero attached hydrogens (tertiary/aromatic N) is 1. The number of alkyl halides is 2. The second kappa shape index (κ2) is 6.27. The van der Waals surface area contributed by atoms with Crippen LogP contribution in [0.15, 0.2) is 30.3 Å². The maximum absolute atomic E-state index is 12.7. The highest BCUT2D eigenvalue weighted by Crippen LogP contribution is 2.30. The largest absolute Gasteiger partial charge is 0.309 e. The van der Waals surface area contributed by atoms with Crippen molar-refractivity contribution in [1.82, 2.24) is 4.90 Å². The van der Waals surface area contributed by atoms with Crippen LogP contribution in [0.3, 0.4) is 0 Å². The van der Waals surface area contributed by atoms with Crippen molar-refractivity contribution in [3.05, 3.63) is 41.5 Å². The molecule has 4 heteroatoms. The second-order valence-electron chi connectivity index (χ2n) is 5.49. The summed E-state index contributed by atoms with van der Waals surface area (Å²) in [7, 11) is 3.97. The number of halogens is 2. The van der Waals surface area contributed by atoms with Crippen LogP contribution in [0, 0.1) is 5.92 Å². The molecular formula is C16H19F2NO. The highest BCUT2D eigenvalue weighted by atomic mass is 19.3. The molecule has 0 saturated heterocycles. The van der Waals surface area contributed by atoms with Gasteiger partial charge >= 0.3 is 0 Å². The molecule has 1 aliphatic carbocycles. The predicted molar refractivity (Wildman–Crippen MR) is 75.7 cm³/mol. The van der Waals surface area contributed by atoms with E-state index in [2.05, 4.69) is 4.90 Å². The maximum atomic E-state index is 12.7. The first kappa shape index (κ1) is 14.9. The molecule has 2 nitrogen and oxygen atoms in total. The molecule has 0 aromatic heterocycles. The smallest absolute Gasteiger partial charge is 0.263 e. The van der Waals surface area contributed by atoms with Gasteiger partial charge in [0.1, 0.15) is 0 Å². The maximum Gasteiger partial charge on any atom is 0.263 e. The first-order valence-electron chi connectivity index (χ1n) is 6.75. The van der Waals surface area contributed by atoms with Gasteiger partial charge in [0.2, 0.25) is 0 Å². The molecule has 0 bridgehead atoms. The van der Waals surface area contributed by atoms with E-state index in [1.807, 2.05) is 20.2 Å².